The van der Waals surface area contributed by atoms with Crippen molar-refractivity contribution in [1.82, 2.24) is 5.32 Å². The summed E-state index contributed by atoms with van der Waals surface area (Å²) in [6.45, 7) is 6.11. The summed E-state index contributed by atoms with van der Waals surface area (Å²) in [7, 11) is 0. The van der Waals surface area contributed by atoms with E-state index in [-0.39, 0.29) is 23.8 Å². The molecule has 0 atom stereocenters. The molecule has 0 unspecified atom stereocenters. The van der Waals surface area contributed by atoms with Gasteiger partial charge in [-0.25, -0.2) is 0 Å². The van der Waals surface area contributed by atoms with E-state index in [2.05, 4.69) is 16.6 Å². The number of rotatable bonds is 4. The minimum absolute atomic E-state index is 0.106. The van der Waals surface area contributed by atoms with Crippen LogP contribution in [0.15, 0.2) is 24.3 Å². The van der Waals surface area contributed by atoms with E-state index in [1.54, 1.807) is 24.3 Å². The van der Waals surface area contributed by atoms with Crippen molar-refractivity contribution in [2.45, 2.75) is 27.2 Å². The van der Waals surface area contributed by atoms with Crippen LogP contribution in [0.3, 0.4) is 0 Å². The van der Waals surface area contributed by atoms with E-state index in [0.717, 1.165) is 0 Å². The highest BCUT2D eigenvalue weighted by molar-refractivity contribution is 6.03. The zero-order valence-electron chi connectivity index (χ0n) is 12.1. The van der Waals surface area contributed by atoms with Crippen molar-refractivity contribution in [1.29, 1.82) is 0 Å². The molecule has 2 amide bonds. The molecule has 0 aliphatic carbocycles. The van der Waals surface area contributed by atoms with Crippen molar-refractivity contribution in [3.05, 3.63) is 29.8 Å². The van der Waals surface area contributed by atoms with Gasteiger partial charge in [-0.05, 0) is 17.5 Å². The molecule has 0 spiro atoms. The van der Waals surface area contributed by atoms with Crippen LogP contribution in [-0.2, 0) is 4.79 Å². The van der Waals surface area contributed by atoms with Crippen LogP contribution in [-0.4, -0.2) is 18.4 Å². The van der Waals surface area contributed by atoms with Crippen LogP contribution in [0.5, 0.6) is 0 Å². The summed E-state index contributed by atoms with van der Waals surface area (Å²) >= 11 is 0. The van der Waals surface area contributed by atoms with Crippen molar-refractivity contribution in [3.8, 4) is 12.3 Å². The van der Waals surface area contributed by atoms with E-state index in [1.807, 2.05) is 20.8 Å². The first kappa shape index (κ1) is 15.8. The van der Waals surface area contributed by atoms with Crippen molar-refractivity contribution < 1.29 is 9.59 Å². The van der Waals surface area contributed by atoms with Gasteiger partial charge in [-0.15, -0.1) is 6.42 Å². The van der Waals surface area contributed by atoms with Crippen LogP contribution in [0.25, 0.3) is 0 Å². The monoisotopic (exact) mass is 272 g/mol. The fourth-order valence-electron chi connectivity index (χ4n) is 1.69. The second-order valence-corrected chi connectivity index (χ2v) is 5.72. The second-order valence-electron chi connectivity index (χ2n) is 5.72. The number of amides is 2. The lowest BCUT2D eigenvalue weighted by Gasteiger charge is -2.18. The third-order valence-corrected chi connectivity index (χ3v) is 2.49. The summed E-state index contributed by atoms with van der Waals surface area (Å²) in [5.41, 5.74) is 0.798. The van der Waals surface area contributed by atoms with E-state index in [9.17, 15) is 9.59 Å². The van der Waals surface area contributed by atoms with E-state index in [4.69, 9.17) is 6.42 Å². The molecule has 0 radical (unpaired) electrons. The molecule has 1 aromatic rings. The molecule has 0 fully saturated rings. The van der Waals surface area contributed by atoms with E-state index in [1.165, 1.54) is 0 Å². The van der Waals surface area contributed by atoms with Gasteiger partial charge in [0.15, 0.2) is 0 Å². The van der Waals surface area contributed by atoms with Crippen LogP contribution in [0.2, 0.25) is 0 Å². The predicted molar refractivity (Wildman–Crippen MR) is 80.3 cm³/mol. The van der Waals surface area contributed by atoms with Crippen molar-refractivity contribution in [3.63, 3.8) is 0 Å². The first-order chi connectivity index (χ1) is 9.33. The van der Waals surface area contributed by atoms with E-state index >= 15 is 0 Å². The maximum Gasteiger partial charge on any atom is 0.254 e. The lowest BCUT2D eigenvalue weighted by molar-refractivity contribution is -0.117. The van der Waals surface area contributed by atoms with E-state index in [0.29, 0.717) is 17.7 Å². The number of nitrogens with one attached hydrogen (secondary N) is 2. The standard InChI is InChI=1S/C16H20N2O2/c1-5-10-17-15(20)12-8-6-7-9-13(12)18-14(19)11-16(2,3)4/h1,6-9H,10-11H2,2-4H3,(H,17,20)(H,18,19). The number of hydrogen-bond donors (Lipinski definition) is 2. The second kappa shape index (κ2) is 6.76. The Kier molecular flexibility index (Phi) is 5.33. The Morgan fingerprint density at radius 1 is 1.25 bits per heavy atom. The van der Waals surface area contributed by atoms with Gasteiger partial charge in [0, 0.05) is 6.42 Å². The first-order valence-electron chi connectivity index (χ1n) is 6.44. The molecule has 4 heteroatoms. The lowest BCUT2D eigenvalue weighted by atomic mass is 9.92. The predicted octanol–water partition coefficient (Wildman–Crippen LogP) is 2.42. The van der Waals surface area contributed by atoms with Crippen LogP contribution in [0.1, 0.15) is 37.6 Å². The van der Waals surface area contributed by atoms with Gasteiger partial charge in [0.2, 0.25) is 5.91 Å². The Bertz CT molecular complexity index is 536. The van der Waals surface area contributed by atoms with Crippen LogP contribution < -0.4 is 10.6 Å². The third kappa shape index (κ3) is 5.15. The Morgan fingerprint density at radius 3 is 2.50 bits per heavy atom. The third-order valence-electron chi connectivity index (χ3n) is 2.49. The van der Waals surface area contributed by atoms with Gasteiger partial charge in [0.1, 0.15) is 0 Å². The first-order valence-corrected chi connectivity index (χ1v) is 6.44. The minimum Gasteiger partial charge on any atom is -0.341 e. The van der Waals surface area contributed by atoms with Gasteiger partial charge >= 0.3 is 0 Å². The zero-order chi connectivity index (χ0) is 15.2. The lowest BCUT2D eigenvalue weighted by Crippen LogP contribution is -2.26. The van der Waals surface area contributed by atoms with Crippen LogP contribution >= 0.6 is 0 Å². The molecule has 4 nitrogen and oxygen atoms in total. The number of terminal acetylenes is 1. The number of para-hydroxylation sites is 1. The summed E-state index contributed by atoms with van der Waals surface area (Å²) in [4.78, 5) is 23.9. The molecular formula is C16H20N2O2. The molecule has 1 rings (SSSR count). The van der Waals surface area contributed by atoms with Gasteiger partial charge in [-0.3, -0.25) is 9.59 Å². The van der Waals surface area contributed by atoms with Gasteiger partial charge in [0.25, 0.3) is 5.91 Å². The number of carbonyl (C=O) groups is 2. The molecule has 0 aliphatic heterocycles. The fraction of sp³-hybridized carbons (Fsp3) is 0.375. The van der Waals surface area contributed by atoms with Gasteiger partial charge < -0.3 is 10.6 Å². The highest BCUT2D eigenvalue weighted by Gasteiger charge is 2.18. The largest absolute Gasteiger partial charge is 0.341 e. The average Bonchev–Trinajstić information content (AvgIpc) is 2.34. The molecule has 0 saturated carbocycles. The van der Waals surface area contributed by atoms with E-state index < -0.39 is 0 Å². The van der Waals surface area contributed by atoms with Crippen molar-refractivity contribution in [2.75, 3.05) is 11.9 Å². The van der Waals surface area contributed by atoms with Gasteiger partial charge in [-0.1, -0.05) is 38.8 Å². The number of benzene rings is 1. The Morgan fingerprint density at radius 2 is 1.90 bits per heavy atom. The normalized spacial score (nSPS) is 10.5. The van der Waals surface area contributed by atoms with Crippen molar-refractivity contribution in [2.24, 2.45) is 5.41 Å². The number of hydrogen-bond acceptors (Lipinski definition) is 2. The Balaban J connectivity index is 2.83. The minimum atomic E-state index is -0.297. The summed E-state index contributed by atoms with van der Waals surface area (Å²) in [6, 6.07) is 6.86. The quantitative estimate of drug-likeness (QED) is 0.827. The molecule has 0 bridgehead atoms. The van der Waals surface area contributed by atoms with Crippen LogP contribution in [0.4, 0.5) is 5.69 Å². The molecule has 0 aliphatic rings. The molecule has 0 aromatic heterocycles. The molecule has 2 N–H and O–H groups in total. The highest BCUT2D eigenvalue weighted by Crippen LogP contribution is 2.21. The topological polar surface area (TPSA) is 58.2 Å². The summed E-state index contributed by atoms with van der Waals surface area (Å²) < 4.78 is 0. The Labute approximate surface area is 120 Å². The molecule has 106 valence electrons. The summed E-state index contributed by atoms with van der Waals surface area (Å²) in [5.74, 6) is 1.93. The maximum atomic E-state index is 11.9. The molecular weight excluding hydrogens is 252 g/mol. The SMILES string of the molecule is C#CCNC(=O)c1ccccc1NC(=O)CC(C)(C)C. The van der Waals surface area contributed by atoms with Crippen molar-refractivity contribution >= 4 is 17.5 Å². The fourth-order valence-corrected chi connectivity index (χ4v) is 1.69. The maximum absolute atomic E-state index is 11.9. The van der Waals surface area contributed by atoms with Crippen LogP contribution in [0, 0.1) is 17.8 Å². The number of anilines is 1. The highest BCUT2D eigenvalue weighted by atomic mass is 16.2. The van der Waals surface area contributed by atoms with Gasteiger partial charge in [0.05, 0.1) is 17.8 Å². The zero-order valence-corrected chi connectivity index (χ0v) is 12.1. The Hall–Kier alpha value is -2.28. The molecule has 20 heavy (non-hydrogen) atoms. The molecule has 0 saturated heterocycles. The number of carbonyl (C=O) groups excluding carboxylic acids is 2. The van der Waals surface area contributed by atoms with Gasteiger partial charge in [-0.2, -0.15) is 0 Å². The average molecular weight is 272 g/mol. The molecule has 1 aromatic carbocycles. The smallest absolute Gasteiger partial charge is 0.254 e. The summed E-state index contributed by atoms with van der Waals surface area (Å²) in [5, 5.41) is 5.36. The summed E-state index contributed by atoms with van der Waals surface area (Å²) in [6.07, 6.45) is 5.49. The molecule has 0 heterocycles.